The molecule has 1 fully saturated rings. The number of amides is 1. The molecule has 1 saturated carbocycles. The minimum atomic E-state index is -1.58. The summed E-state index contributed by atoms with van der Waals surface area (Å²) in [6, 6.07) is 23.4. The Hall–Kier alpha value is -6.48. The van der Waals surface area contributed by atoms with Gasteiger partial charge in [-0.25, -0.2) is 4.39 Å². The standard InChI is InChI=1S/C52H56FN3O10/c1-3-28-63-52-48(55(33-36-14-19-39(53)20-15-36)49(60)25-18-35-16-21-40(22-17-35)56(61)62)32-46(54-64-4-2)44-30-38(11-5-7-26-57)43(13-6-8-27-58)50(51(44)52)45-31-42(23-24-47(45)66-52)65-41-12-9-10-37(29-41)34-59/h3,9-10,12,14-25,29-31,34,38,43,48,50-51,57-58H,1,4-8,11,13,26-28,32-33H2,2H3/t38-,43+,48-,50+,51+,52+/m0/s1. The van der Waals surface area contributed by atoms with Gasteiger partial charge in [-0.3, -0.25) is 19.7 Å². The normalized spacial score (nSPS) is 22.4. The maximum atomic E-state index is 15.0. The number of non-ortho nitro benzene ring substituents is 1. The Balaban J connectivity index is 1.44. The van der Waals surface area contributed by atoms with E-state index in [0.717, 1.165) is 43.1 Å². The van der Waals surface area contributed by atoms with Gasteiger partial charge in [0.05, 0.1) is 23.2 Å². The summed E-state index contributed by atoms with van der Waals surface area (Å²) in [5.74, 6) is -1.94. The fourth-order valence-corrected chi connectivity index (χ4v) is 9.74. The Morgan fingerprint density at radius 2 is 1.73 bits per heavy atom. The van der Waals surface area contributed by atoms with Crippen LogP contribution in [-0.4, -0.2) is 76.2 Å². The number of nitrogens with zero attached hydrogens (tertiary/aromatic N) is 3. The van der Waals surface area contributed by atoms with E-state index >= 15 is 4.79 Å². The van der Waals surface area contributed by atoms with Gasteiger partial charge in [-0.05, 0) is 122 Å². The number of carbonyl (C=O) groups is 2. The maximum absolute atomic E-state index is 15.0. The van der Waals surface area contributed by atoms with Gasteiger partial charge >= 0.3 is 0 Å². The van der Waals surface area contributed by atoms with Crippen LogP contribution in [0, 0.1) is 33.7 Å². The second-order valence-electron chi connectivity index (χ2n) is 16.8. The van der Waals surface area contributed by atoms with Crippen molar-refractivity contribution in [2.45, 2.75) is 76.2 Å². The van der Waals surface area contributed by atoms with E-state index in [1.54, 1.807) is 71.6 Å². The van der Waals surface area contributed by atoms with Gasteiger partial charge in [0.15, 0.2) is 0 Å². The van der Waals surface area contributed by atoms with Crippen molar-refractivity contribution in [3.8, 4) is 17.2 Å². The van der Waals surface area contributed by atoms with Crippen LogP contribution in [0.1, 0.15) is 84.8 Å². The Kier molecular flexibility index (Phi) is 15.9. The zero-order valence-electron chi connectivity index (χ0n) is 37.0. The Morgan fingerprint density at radius 3 is 2.42 bits per heavy atom. The number of aliphatic hydroxyl groups excluding tert-OH is 2. The number of allylic oxidation sites excluding steroid dienone is 1. The van der Waals surface area contributed by atoms with Crippen molar-refractivity contribution >= 4 is 29.7 Å². The van der Waals surface area contributed by atoms with E-state index in [1.807, 2.05) is 19.1 Å². The highest BCUT2D eigenvalue weighted by molar-refractivity contribution is 6.03. The molecule has 346 valence electrons. The summed E-state index contributed by atoms with van der Waals surface area (Å²) in [4.78, 5) is 45.1. The van der Waals surface area contributed by atoms with Crippen LogP contribution < -0.4 is 9.47 Å². The summed E-state index contributed by atoms with van der Waals surface area (Å²) in [7, 11) is 0. The zero-order chi connectivity index (χ0) is 46.6. The lowest BCUT2D eigenvalue weighted by molar-refractivity contribution is -0.384. The average Bonchev–Trinajstić information content (AvgIpc) is 3.33. The second-order valence-corrected chi connectivity index (χ2v) is 16.8. The number of unbranched alkanes of at least 4 members (excludes halogenated alkanes) is 2. The number of rotatable bonds is 22. The molecular formula is C52H56FN3O10. The molecule has 1 heterocycles. The van der Waals surface area contributed by atoms with Crippen LogP contribution in [0.2, 0.25) is 0 Å². The van der Waals surface area contributed by atoms with Gasteiger partial charge in [-0.15, -0.1) is 6.58 Å². The highest BCUT2D eigenvalue weighted by Gasteiger charge is 2.65. The van der Waals surface area contributed by atoms with Gasteiger partial charge in [0, 0.05) is 61.4 Å². The van der Waals surface area contributed by atoms with E-state index in [9.17, 15) is 29.5 Å². The lowest BCUT2D eigenvalue weighted by atomic mass is 9.55. The second kappa shape index (κ2) is 22.1. The molecule has 2 aliphatic carbocycles. The fraction of sp³-hybridized carbons (Fsp3) is 0.365. The van der Waals surface area contributed by atoms with Crippen molar-refractivity contribution in [1.82, 2.24) is 4.90 Å². The first kappa shape index (κ1) is 47.5. The highest BCUT2D eigenvalue weighted by atomic mass is 19.1. The number of ether oxygens (including phenoxy) is 3. The third-order valence-electron chi connectivity index (χ3n) is 12.6. The fourth-order valence-electron chi connectivity index (χ4n) is 9.74. The number of hydrogen-bond acceptors (Lipinski definition) is 11. The monoisotopic (exact) mass is 901 g/mol. The molecule has 14 heteroatoms. The molecule has 13 nitrogen and oxygen atoms in total. The summed E-state index contributed by atoms with van der Waals surface area (Å²) < 4.78 is 35.2. The number of benzene rings is 4. The lowest BCUT2D eigenvalue weighted by Crippen LogP contribution is -2.70. The molecule has 3 aliphatic rings. The Labute approximate surface area is 384 Å². The average molecular weight is 902 g/mol. The van der Waals surface area contributed by atoms with Crippen LogP contribution in [-0.2, 0) is 20.9 Å². The van der Waals surface area contributed by atoms with E-state index in [-0.39, 0.29) is 62.8 Å². The number of aliphatic hydroxyl groups is 2. The molecule has 0 radical (unpaired) electrons. The quantitative estimate of drug-likeness (QED) is 0.0193. The van der Waals surface area contributed by atoms with Gasteiger partial charge in [0.1, 0.15) is 42.0 Å². The van der Waals surface area contributed by atoms with Gasteiger partial charge in [0.25, 0.3) is 5.69 Å². The molecule has 0 aromatic heterocycles. The van der Waals surface area contributed by atoms with E-state index in [1.165, 1.54) is 30.3 Å². The van der Waals surface area contributed by atoms with Crippen LogP contribution >= 0.6 is 0 Å². The van der Waals surface area contributed by atoms with Gasteiger partial charge in [-0.1, -0.05) is 54.4 Å². The van der Waals surface area contributed by atoms with Crippen LogP contribution in [0.25, 0.3) is 6.08 Å². The number of hydrogen-bond donors (Lipinski definition) is 2. The third-order valence-corrected chi connectivity index (χ3v) is 12.6. The zero-order valence-corrected chi connectivity index (χ0v) is 37.0. The molecule has 4 aromatic rings. The van der Waals surface area contributed by atoms with Gasteiger partial charge in [-0.2, -0.15) is 0 Å². The Bertz CT molecular complexity index is 2440. The first-order valence-corrected chi connectivity index (χ1v) is 22.5. The topological polar surface area (TPSA) is 170 Å². The van der Waals surface area contributed by atoms with E-state index in [2.05, 4.69) is 12.7 Å². The van der Waals surface area contributed by atoms with Crippen molar-refractivity contribution < 1.29 is 48.2 Å². The minimum Gasteiger partial charge on any atom is -0.459 e. The first-order valence-electron chi connectivity index (χ1n) is 22.5. The molecule has 0 unspecified atom stereocenters. The van der Waals surface area contributed by atoms with Gasteiger partial charge < -0.3 is 34.2 Å². The lowest BCUT2D eigenvalue weighted by Gasteiger charge is -2.60. The summed E-state index contributed by atoms with van der Waals surface area (Å²) >= 11 is 0. The van der Waals surface area contributed by atoms with E-state index in [4.69, 9.17) is 24.2 Å². The van der Waals surface area contributed by atoms with Crippen molar-refractivity contribution in [1.29, 1.82) is 0 Å². The van der Waals surface area contributed by atoms with E-state index in [0.29, 0.717) is 52.5 Å². The SMILES string of the molecule is C=CCO[C@@]12Oc3ccc(Oc4cccc(C=O)c4)cc3[C@H]3[C@H](CCCCO)[C@@H](CCCCO)C=C(C(=NOCC)C[C@@H]1N(Cc1ccc(F)cc1)C(=O)C=Cc1ccc([N+](=O)[O-])cc1)[C@H]32. The molecule has 7 rings (SSSR count). The number of fused-ring (bicyclic) bond motifs is 2. The van der Waals surface area contributed by atoms with Crippen molar-refractivity contribution in [2.24, 2.45) is 22.9 Å². The van der Waals surface area contributed by atoms with Gasteiger partial charge in [0.2, 0.25) is 11.7 Å². The molecule has 4 aromatic carbocycles. The number of aldehydes is 1. The first-order chi connectivity index (χ1) is 32.1. The Morgan fingerprint density at radius 1 is 0.985 bits per heavy atom. The number of nitro benzene ring substituents is 1. The number of nitro groups is 1. The minimum absolute atomic E-state index is 0.00616. The van der Waals surface area contributed by atoms with Crippen molar-refractivity contribution in [3.63, 3.8) is 0 Å². The summed E-state index contributed by atoms with van der Waals surface area (Å²) in [5.41, 5.74) is 3.89. The molecule has 0 bridgehead atoms. The molecule has 0 saturated heterocycles. The number of halogens is 1. The molecular weight excluding hydrogens is 846 g/mol. The molecule has 1 amide bonds. The maximum Gasteiger partial charge on any atom is 0.269 e. The van der Waals surface area contributed by atoms with Crippen molar-refractivity contribution in [3.05, 3.63) is 160 Å². The molecule has 0 spiro atoms. The summed E-state index contributed by atoms with van der Waals surface area (Å²) in [5, 5.41) is 36.0. The van der Waals surface area contributed by atoms with Crippen LogP contribution in [0.5, 0.6) is 17.2 Å². The smallest absolute Gasteiger partial charge is 0.269 e. The predicted octanol–water partition coefficient (Wildman–Crippen LogP) is 9.73. The number of oxime groups is 1. The van der Waals surface area contributed by atoms with E-state index < -0.39 is 34.4 Å². The number of carbonyl (C=O) groups excluding carboxylic acids is 2. The van der Waals surface area contributed by atoms with Crippen LogP contribution in [0.4, 0.5) is 10.1 Å². The van der Waals surface area contributed by atoms with Crippen molar-refractivity contribution in [2.75, 3.05) is 26.4 Å². The molecule has 2 N–H and O–H groups in total. The molecule has 1 aliphatic heterocycles. The van der Waals surface area contributed by atoms with Crippen LogP contribution in [0.3, 0.4) is 0 Å². The summed E-state index contributed by atoms with van der Waals surface area (Å²) in [6.45, 7) is 6.26. The highest BCUT2D eigenvalue weighted by Crippen LogP contribution is 2.62. The largest absolute Gasteiger partial charge is 0.459 e. The molecule has 6 atom stereocenters. The predicted molar refractivity (Wildman–Crippen MR) is 248 cm³/mol. The molecule has 66 heavy (non-hydrogen) atoms. The summed E-state index contributed by atoms with van der Waals surface area (Å²) in [6.07, 6.45) is 12.0. The van der Waals surface area contributed by atoms with Crippen LogP contribution in [0.15, 0.2) is 127 Å². The third kappa shape index (κ3) is 10.6.